The molecule has 1 amide bonds. The highest BCUT2D eigenvalue weighted by molar-refractivity contribution is 5.76. The number of carbonyl (C=O) groups excluding carboxylic acids is 1. The van der Waals surface area contributed by atoms with Gasteiger partial charge >= 0.3 is 0 Å². The molecule has 3 nitrogen and oxygen atoms in total. The van der Waals surface area contributed by atoms with Gasteiger partial charge in [0, 0.05) is 25.0 Å². The molecule has 0 bridgehead atoms. The van der Waals surface area contributed by atoms with Crippen LogP contribution in [0.4, 0.5) is 8.78 Å². The Kier molecular flexibility index (Phi) is 5.44. The van der Waals surface area contributed by atoms with Crippen LogP contribution in [0.15, 0.2) is 30.4 Å². The molecule has 2 atom stereocenters. The van der Waals surface area contributed by atoms with Crippen molar-refractivity contribution in [2.45, 2.75) is 31.7 Å². The van der Waals surface area contributed by atoms with Crippen LogP contribution < -0.4 is 5.32 Å². The van der Waals surface area contributed by atoms with Crippen LogP contribution in [0.2, 0.25) is 0 Å². The summed E-state index contributed by atoms with van der Waals surface area (Å²) in [5, 5.41) is 11.9. The van der Waals surface area contributed by atoms with E-state index in [0.29, 0.717) is 24.8 Å². The zero-order valence-electron chi connectivity index (χ0n) is 11.7. The van der Waals surface area contributed by atoms with E-state index < -0.39 is 11.6 Å². The first kappa shape index (κ1) is 15.6. The summed E-state index contributed by atoms with van der Waals surface area (Å²) in [7, 11) is 0. The summed E-state index contributed by atoms with van der Waals surface area (Å²) in [4.78, 5) is 11.8. The van der Waals surface area contributed by atoms with Crippen LogP contribution in [-0.4, -0.2) is 23.7 Å². The normalized spacial score (nSPS) is 20.7. The third-order valence-corrected chi connectivity index (χ3v) is 3.61. The minimum absolute atomic E-state index is 0.0158. The number of rotatable bonds is 6. The van der Waals surface area contributed by atoms with Crippen molar-refractivity contribution in [1.82, 2.24) is 5.32 Å². The first-order valence-electron chi connectivity index (χ1n) is 7.11. The molecular weight excluding hydrogens is 276 g/mol. The van der Waals surface area contributed by atoms with Crippen LogP contribution in [0.3, 0.4) is 0 Å². The van der Waals surface area contributed by atoms with Crippen molar-refractivity contribution < 1.29 is 18.7 Å². The summed E-state index contributed by atoms with van der Waals surface area (Å²) < 4.78 is 25.8. The minimum atomic E-state index is -0.858. The monoisotopic (exact) mass is 295 g/mol. The Labute approximate surface area is 122 Å². The Morgan fingerprint density at radius 1 is 1.29 bits per heavy atom. The molecule has 0 spiro atoms. The van der Waals surface area contributed by atoms with Crippen LogP contribution in [0.5, 0.6) is 0 Å². The zero-order chi connectivity index (χ0) is 15.2. The molecule has 0 radical (unpaired) electrons. The van der Waals surface area contributed by atoms with Gasteiger partial charge in [-0.15, -0.1) is 0 Å². The van der Waals surface area contributed by atoms with Crippen LogP contribution in [-0.2, 0) is 11.2 Å². The Balaban J connectivity index is 1.70. The lowest BCUT2D eigenvalue weighted by molar-refractivity contribution is -0.121. The van der Waals surface area contributed by atoms with E-state index in [0.717, 1.165) is 12.5 Å². The summed E-state index contributed by atoms with van der Waals surface area (Å²) >= 11 is 0. The van der Waals surface area contributed by atoms with Gasteiger partial charge in [-0.1, -0.05) is 18.2 Å². The molecular formula is C16H19F2NO2. The maximum absolute atomic E-state index is 13.0. The Hall–Kier alpha value is -1.75. The smallest absolute Gasteiger partial charge is 0.220 e. The third-order valence-electron chi connectivity index (χ3n) is 3.61. The fraction of sp³-hybridized carbons (Fsp3) is 0.438. The molecule has 0 aromatic heterocycles. The number of aryl methyl sites for hydroxylation is 1. The standard InChI is InChI=1S/C16H19F2NO2/c17-14-7-5-11(9-15(14)18)2-1-3-16(21)19-13-6-4-12(8-13)10-20/h4-7,9,12-13,20H,1-3,8,10H2,(H,19,21)/t12-,13+/m0/s1. The molecule has 114 valence electrons. The van der Waals surface area contributed by atoms with Gasteiger partial charge in [0.1, 0.15) is 0 Å². The summed E-state index contributed by atoms with van der Waals surface area (Å²) in [6.45, 7) is 0.0962. The lowest BCUT2D eigenvalue weighted by Crippen LogP contribution is -2.32. The van der Waals surface area contributed by atoms with Crippen molar-refractivity contribution in [2.75, 3.05) is 6.61 Å². The lowest BCUT2D eigenvalue weighted by Gasteiger charge is -2.12. The molecule has 21 heavy (non-hydrogen) atoms. The Morgan fingerprint density at radius 3 is 2.76 bits per heavy atom. The molecule has 0 fully saturated rings. The number of halogens is 2. The highest BCUT2D eigenvalue weighted by Crippen LogP contribution is 2.17. The van der Waals surface area contributed by atoms with E-state index >= 15 is 0 Å². The van der Waals surface area contributed by atoms with Gasteiger partial charge in [0.05, 0.1) is 0 Å². The molecule has 2 rings (SSSR count). The van der Waals surface area contributed by atoms with Gasteiger partial charge in [0.25, 0.3) is 0 Å². The molecule has 1 aromatic rings. The number of nitrogens with one attached hydrogen (secondary N) is 1. The van der Waals surface area contributed by atoms with Crippen LogP contribution in [0.25, 0.3) is 0 Å². The number of benzene rings is 1. The third kappa shape index (κ3) is 4.63. The van der Waals surface area contributed by atoms with Crippen molar-refractivity contribution in [2.24, 2.45) is 5.92 Å². The van der Waals surface area contributed by atoms with E-state index in [4.69, 9.17) is 5.11 Å². The van der Waals surface area contributed by atoms with Crippen molar-refractivity contribution in [3.8, 4) is 0 Å². The predicted molar refractivity (Wildman–Crippen MR) is 75.6 cm³/mol. The summed E-state index contributed by atoms with van der Waals surface area (Å²) in [5.41, 5.74) is 0.683. The fourth-order valence-corrected chi connectivity index (χ4v) is 2.44. The van der Waals surface area contributed by atoms with Crippen LogP contribution in [0.1, 0.15) is 24.8 Å². The second-order valence-corrected chi connectivity index (χ2v) is 5.34. The van der Waals surface area contributed by atoms with E-state index in [1.54, 1.807) is 0 Å². The largest absolute Gasteiger partial charge is 0.396 e. The average molecular weight is 295 g/mol. The molecule has 1 aliphatic rings. The van der Waals surface area contributed by atoms with E-state index in [1.807, 2.05) is 12.2 Å². The van der Waals surface area contributed by atoms with Crippen molar-refractivity contribution in [3.05, 3.63) is 47.5 Å². The number of aliphatic hydroxyl groups is 1. The quantitative estimate of drug-likeness (QED) is 0.791. The number of carbonyl (C=O) groups is 1. The summed E-state index contributed by atoms with van der Waals surface area (Å²) in [5.74, 6) is -1.66. The SMILES string of the molecule is O=C(CCCc1ccc(F)c(F)c1)N[C@@H]1C=C[C@H](CO)C1. The van der Waals surface area contributed by atoms with Crippen LogP contribution in [0, 0.1) is 17.6 Å². The van der Waals surface area contributed by atoms with E-state index in [2.05, 4.69) is 5.32 Å². The summed E-state index contributed by atoms with van der Waals surface area (Å²) in [6, 6.07) is 3.78. The number of aliphatic hydroxyl groups excluding tert-OH is 1. The van der Waals surface area contributed by atoms with Crippen LogP contribution >= 0.6 is 0 Å². The number of hydrogen-bond acceptors (Lipinski definition) is 2. The van der Waals surface area contributed by atoms with E-state index in [1.165, 1.54) is 12.1 Å². The predicted octanol–water partition coefficient (Wildman–Crippen LogP) is 2.34. The van der Waals surface area contributed by atoms with Gasteiger partial charge in [-0.2, -0.15) is 0 Å². The maximum Gasteiger partial charge on any atom is 0.220 e. The van der Waals surface area contributed by atoms with Gasteiger partial charge in [-0.05, 0) is 37.0 Å². The molecule has 1 aromatic carbocycles. The molecule has 2 N–H and O–H groups in total. The highest BCUT2D eigenvalue weighted by atomic mass is 19.2. The van der Waals surface area contributed by atoms with Gasteiger partial charge < -0.3 is 10.4 Å². The topological polar surface area (TPSA) is 49.3 Å². The zero-order valence-corrected chi connectivity index (χ0v) is 11.7. The summed E-state index contributed by atoms with van der Waals surface area (Å²) in [6.07, 6.45) is 5.99. The molecule has 0 unspecified atom stereocenters. The van der Waals surface area contributed by atoms with Gasteiger partial charge in [-0.3, -0.25) is 4.79 Å². The maximum atomic E-state index is 13.0. The van der Waals surface area contributed by atoms with Gasteiger partial charge in [0.2, 0.25) is 5.91 Å². The molecule has 0 saturated carbocycles. The number of hydrogen-bond donors (Lipinski definition) is 2. The first-order valence-corrected chi connectivity index (χ1v) is 7.11. The highest BCUT2D eigenvalue weighted by Gasteiger charge is 2.19. The molecule has 0 aliphatic heterocycles. The molecule has 0 heterocycles. The van der Waals surface area contributed by atoms with Gasteiger partial charge in [-0.25, -0.2) is 8.78 Å². The Bertz CT molecular complexity index is 531. The second-order valence-electron chi connectivity index (χ2n) is 5.34. The molecule has 0 saturated heterocycles. The first-order chi connectivity index (χ1) is 10.1. The van der Waals surface area contributed by atoms with E-state index in [-0.39, 0.29) is 24.5 Å². The van der Waals surface area contributed by atoms with Crippen molar-refractivity contribution in [3.63, 3.8) is 0 Å². The minimum Gasteiger partial charge on any atom is -0.396 e. The second kappa shape index (κ2) is 7.31. The Morgan fingerprint density at radius 2 is 2.10 bits per heavy atom. The lowest BCUT2D eigenvalue weighted by atomic mass is 10.1. The average Bonchev–Trinajstić information content (AvgIpc) is 2.90. The number of amides is 1. The fourth-order valence-electron chi connectivity index (χ4n) is 2.44. The molecule has 1 aliphatic carbocycles. The van der Waals surface area contributed by atoms with E-state index in [9.17, 15) is 13.6 Å². The van der Waals surface area contributed by atoms with Gasteiger partial charge in [0.15, 0.2) is 11.6 Å². The van der Waals surface area contributed by atoms with Crippen molar-refractivity contribution >= 4 is 5.91 Å². The molecule has 5 heteroatoms. The van der Waals surface area contributed by atoms with Crippen molar-refractivity contribution in [1.29, 1.82) is 0 Å².